The summed E-state index contributed by atoms with van der Waals surface area (Å²) in [4.78, 5) is 16.7. The van der Waals surface area contributed by atoms with Gasteiger partial charge < -0.3 is 0 Å². The molecule has 2 rings (SSSR count). The molecule has 0 radical (unpaired) electrons. The number of rotatable bonds is 2. The van der Waals surface area contributed by atoms with Gasteiger partial charge in [-0.1, -0.05) is 43.1 Å². The fourth-order valence-corrected chi connectivity index (χ4v) is 2.24. The number of carbonyl (C=O) groups excluding carboxylic acids is 1. The van der Waals surface area contributed by atoms with Gasteiger partial charge in [0.25, 0.3) is 0 Å². The normalized spacial score (nSPS) is 18.0. The van der Waals surface area contributed by atoms with Gasteiger partial charge >= 0.3 is 0 Å². The van der Waals surface area contributed by atoms with Gasteiger partial charge in [-0.3, -0.25) is 4.79 Å². The highest BCUT2D eigenvalue weighted by atomic mass is 35.5. The van der Waals surface area contributed by atoms with Crippen LogP contribution in [0, 0.1) is 12.8 Å². The molecule has 3 heteroatoms. The molecule has 0 unspecified atom stereocenters. The van der Waals surface area contributed by atoms with E-state index in [2.05, 4.69) is 4.99 Å². The van der Waals surface area contributed by atoms with Gasteiger partial charge in [0.1, 0.15) is 0 Å². The summed E-state index contributed by atoms with van der Waals surface area (Å²) in [5.74, 6) is 0.0505. The highest BCUT2D eigenvalue weighted by Crippen LogP contribution is 2.28. The van der Waals surface area contributed by atoms with Crippen molar-refractivity contribution < 1.29 is 4.79 Å². The number of allylic oxidation sites excluding steroid dienone is 4. The number of benzene rings is 1. The van der Waals surface area contributed by atoms with Crippen LogP contribution >= 0.6 is 11.6 Å². The second-order valence-electron chi connectivity index (χ2n) is 5.36. The Morgan fingerprint density at radius 2 is 1.70 bits per heavy atom. The van der Waals surface area contributed by atoms with Crippen LogP contribution in [0.25, 0.3) is 0 Å². The van der Waals surface area contributed by atoms with Gasteiger partial charge in [0, 0.05) is 5.57 Å². The molecular weight excluding hydrogens is 270 g/mol. The average Bonchev–Trinajstić information content (AvgIpc) is 2.41. The molecule has 1 aromatic rings. The third kappa shape index (κ3) is 2.91. The summed E-state index contributed by atoms with van der Waals surface area (Å²) in [5.41, 5.74) is 4.27. The van der Waals surface area contributed by atoms with Crippen LogP contribution in [0.3, 0.4) is 0 Å². The Labute approximate surface area is 124 Å². The number of hydrogen-bond acceptors (Lipinski definition) is 2. The molecule has 0 bridgehead atoms. The molecule has 0 N–H and O–H groups in total. The predicted octanol–water partition coefficient (Wildman–Crippen LogP) is 4.75. The fraction of sp³-hybridized carbons (Fsp3) is 0.294. The summed E-state index contributed by atoms with van der Waals surface area (Å²) < 4.78 is 0. The minimum Gasteiger partial charge on any atom is -0.288 e. The third-order valence-electron chi connectivity index (χ3n) is 3.37. The van der Waals surface area contributed by atoms with E-state index in [1.54, 1.807) is 0 Å². The molecule has 2 nitrogen and oxygen atoms in total. The Balaban J connectivity index is 2.48. The van der Waals surface area contributed by atoms with Gasteiger partial charge in [0.2, 0.25) is 5.78 Å². The smallest absolute Gasteiger partial charge is 0.201 e. The summed E-state index contributed by atoms with van der Waals surface area (Å²) in [7, 11) is 0. The lowest BCUT2D eigenvalue weighted by molar-refractivity contribution is -0.112. The first-order chi connectivity index (χ1) is 9.40. The first kappa shape index (κ1) is 14.7. The maximum absolute atomic E-state index is 12.1. The molecule has 0 saturated carbocycles. The van der Waals surface area contributed by atoms with Crippen LogP contribution in [0.4, 0.5) is 5.69 Å². The zero-order valence-electron chi connectivity index (χ0n) is 12.2. The van der Waals surface area contributed by atoms with Gasteiger partial charge in [0.05, 0.1) is 16.4 Å². The van der Waals surface area contributed by atoms with E-state index in [9.17, 15) is 4.79 Å². The van der Waals surface area contributed by atoms with Crippen LogP contribution in [-0.4, -0.2) is 11.5 Å². The van der Waals surface area contributed by atoms with E-state index >= 15 is 0 Å². The van der Waals surface area contributed by atoms with Crippen molar-refractivity contribution in [3.8, 4) is 0 Å². The van der Waals surface area contributed by atoms with Crippen molar-refractivity contribution in [1.29, 1.82) is 0 Å². The summed E-state index contributed by atoms with van der Waals surface area (Å²) in [6.07, 6.45) is 1.86. The van der Waals surface area contributed by atoms with Crippen molar-refractivity contribution in [2.45, 2.75) is 27.7 Å². The summed E-state index contributed by atoms with van der Waals surface area (Å²) in [5, 5.41) is 0.280. The van der Waals surface area contributed by atoms with Crippen LogP contribution in [0.2, 0.25) is 0 Å². The molecule has 1 aliphatic rings. The molecule has 0 spiro atoms. The third-order valence-corrected chi connectivity index (χ3v) is 3.83. The molecule has 0 aliphatic heterocycles. The van der Waals surface area contributed by atoms with E-state index in [1.807, 2.05) is 58.0 Å². The monoisotopic (exact) mass is 287 g/mol. The lowest BCUT2D eigenvalue weighted by Crippen LogP contribution is -2.18. The van der Waals surface area contributed by atoms with Gasteiger partial charge in [-0.15, -0.1) is 0 Å². The molecule has 0 heterocycles. The van der Waals surface area contributed by atoms with E-state index in [0.29, 0.717) is 5.57 Å². The van der Waals surface area contributed by atoms with Crippen LogP contribution < -0.4 is 0 Å². The van der Waals surface area contributed by atoms with E-state index < -0.39 is 0 Å². The second kappa shape index (κ2) is 5.76. The highest BCUT2D eigenvalue weighted by Gasteiger charge is 2.25. The van der Waals surface area contributed by atoms with Gasteiger partial charge in [-0.2, -0.15) is 0 Å². The van der Waals surface area contributed by atoms with E-state index in [4.69, 9.17) is 11.6 Å². The van der Waals surface area contributed by atoms with Crippen LogP contribution in [-0.2, 0) is 4.79 Å². The molecule has 0 atom stereocenters. The molecule has 1 aromatic carbocycles. The number of hydrogen-bond donors (Lipinski definition) is 0. The second-order valence-corrected chi connectivity index (χ2v) is 5.73. The van der Waals surface area contributed by atoms with Gasteiger partial charge in [-0.05, 0) is 43.5 Å². The Bertz CT molecular complexity index is 633. The molecule has 0 amide bonds. The highest BCUT2D eigenvalue weighted by molar-refractivity contribution is 6.49. The zero-order chi connectivity index (χ0) is 14.9. The Kier molecular flexibility index (Phi) is 4.24. The SMILES string of the molecule is CC1=C(Cl)C(=O)C(C(C)C)=CC1=Nc1ccc(C)cc1. The molecule has 20 heavy (non-hydrogen) atoms. The molecule has 0 fully saturated rings. The minimum atomic E-state index is -0.0815. The average molecular weight is 288 g/mol. The molecular formula is C17H18ClNO. The van der Waals surface area contributed by atoms with Crippen molar-refractivity contribution in [2.24, 2.45) is 10.9 Å². The first-order valence-corrected chi connectivity index (χ1v) is 7.06. The Hall–Kier alpha value is -1.67. The topological polar surface area (TPSA) is 29.4 Å². The molecule has 1 aliphatic carbocycles. The van der Waals surface area contributed by atoms with Crippen LogP contribution in [0.5, 0.6) is 0 Å². The number of nitrogens with zero attached hydrogens (tertiary/aromatic N) is 1. The summed E-state index contributed by atoms with van der Waals surface area (Å²) in [6, 6.07) is 7.95. The number of ketones is 1. The van der Waals surface area contributed by atoms with Gasteiger partial charge in [0.15, 0.2) is 0 Å². The first-order valence-electron chi connectivity index (χ1n) is 6.68. The number of Topliss-reactive ketones (excluding diaryl/α,β-unsaturated/α-hetero) is 1. The van der Waals surface area contributed by atoms with E-state index in [1.165, 1.54) is 5.56 Å². The van der Waals surface area contributed by atoms with E-state index in [0.717, 1.165) is 17.0 Å². The van der Waals surface area contributed by atoms with Crippen molar-refractivity contribution >= 4 is 28.8 Å². The van der Waals surface area contributed by atoms with Crippen LogP contribution in [0.15, 0.2) is 51.5 Å². The predicted molar refractivity (Wildman–Crippen MR) is 84.8 cm³/mol. The lowest BCUT2D eigenvalue weighted by atomic mass is 9.90. The summed E-state index contributed by atoms with van der Waals surface area (Å²) in [6.45, 7) is 7.84. The van der Waals surface area contributed by atoms with Crippen molar-refractivity contribution in [2.75, 3.05) is 0 Å². The molecule has 104 valence electrons. The standard InChI is InChI=1S/C17H18ClNO/c1-10(2)14-9-15(12(4)16(18)17(14)20)19-13-7-5-11(3)6-8-13/h5-10H,1-4H3. The number of aliphatic imine (C=N–C) groups is 1. The largest absolute Gasteiger partial charge is 0.288 e. The Morgan fingerprint density at radius 3 is 2.25 bits per heavy atom. The fourth-order valence-electron chi connectivity index (χ4n) is 2.03. The van der Waals surface area contributed by atoms with E-state index in [-0.39, 0.29) is 16.7 Å². The van der Waals surface area contributed by atoms with Crippen molar-refractivity contribution in [3.05, 3.63) is 52.1 Å². The number of carbonyl (C=O) groups is 1. The minimum absolute atomic E-state index is 0.0815. The number of halogens is 1. The van der Waals surface area contributed by atoms with Gasteiger partial charge in [-0.25, -0.2) is 4.99 Å². The number of aryl methyl sites for hydroxylation is 1. The molecule has 0 aromatic heterocycles. The quantitative estimate of drug-likeness (QED) is 0.722. The zero-order valence-corrected chi connectivity index (χ0v) is 13.0. The Morgan fingerprint density at radius 1 is 1.10 bits per heavy atom. The van der Waals surface area contributed by atoms with Crippen molar-refractivity contribution in [1.82, 2.24) is 0 Å². The lowest BCUT2D eigenvalue weighted by Gasteiger charge is -2.18. The maximum atomic E-state index is 12.1. The molecule has 0 saturated heterocycles. The van der Waals surface area contributed by atoms with Crippen LogP contribution in [0.1, 0.15) is 26.3 Å². The summed E-state index contributed by atoms with van der Waals surface area (Å²) >= 11 is 6.15. The van der Waals surface area contributed by atoms with Crippen molar-refractivity contribution in [3.63, 3.8) is 0 Å². The maximum Gasteiger partial charge on any atom is 0.201 e.